The van der Waals surface area contributed by atoms with Crippen LogP contribution < -0.4 is 15.0 Å². The molecule has 0 saturated heterocycles. The molecule has 6 nitrogen and oxygen atoms in total. The minimum atomic E-state index is -4.66. The molecule has 0 saturated carbocycles. The highest BCUT2D eigenvalue weighted by molar-refractivity contribution is 7.25. The van der Waals surface area contributed by atoms with Gasteiger partial charge in [-0.25, -0.2) is 4.98 Å². The van der Waals surface area contributed by atoms with Crippen molar-refractivity contribution in [3.05, 3.63) is 46.4 Å². The van der Waals surface area contributed by atoms with Gasteiger partial charge in [0.15, 0.2) is 11.5 Å². The lowest BCUT2D eigenvalue weighted by atomic mass is 10.0. The van der Waals surface area contributed by atoms with E-state index in [1.165, 1.54) is 0 Å². The first-order valence-corrected chi connectivity index (χ1v) is 9.29. The van der Waals surface area contributed by atoms with Crippen LogP contribution >= 0.6 is 11.3 Å². The number of halogens is 3. The number of nitrogens with zero attached hydrogens (tertiary/aromatic N) is 1. The average molecular weight is 420 g/mol. The summed E-state index contributed by atoms with van der Waals surface area (Å²) in [6.45, 7) is 0.721. The number of pyridine rings is 2. The van der Waals surface area contributed by atoms with Crippen LogP contribution in [0.2, 0.25) is 0 Å². The van der Waals surface area contributed by atoms with E-state index in [1.54, 1.807) is 18.2 Å². The molecule has 5 rings (SSSR count). The Bertz CT molecular complexity index is 1340. The number of benzene rings is 1. The van der Waals surface area contributed by atoms with Crippen LogP contribution in [0.4, 0.5) is 13.2 Å². The Balaban J connectivity index is 1.88. The van der Waals surface area contributed by atoms with Crippen molar-refractivity contribution in [2.75, 3.05) is 13.2 Å². The van der Waals surface area contributed by atoms with E-state index in [1.807, 2.05) is 0 Å². The lowest BCUT2D eigenvalue weighted by Gasteiger charge is -2.19. The van der Waals surface area contributed by atoms with E-state index in [9.17, 15) is 23.1 Å². The smallest absolute Gasteiger partial charge is 0.433 e. The summed E-state index contributed by atoms with van der Waals surface area (Å²) >= 11 is 0.878. The normalized spacial score (nSPS) is 13.9. The number of H-pyrrole nitrogens is 1. The molecule has 0 aliphatic carbocycles. The van der Waals surface area contributed by atoms with Crippen molar-refractivity contribution in [1.29, 1.82) is 0 Å². The van der Waals surface area contributed by atoms with Crippen molar-refractivity contribution < 1.29 is 27.8 Å². The molecule has 10 heteroatoms. The molecule has 4 aromatic rings. The summed E-state index contributed by atoms with van der Waals surface area (Å²) in [4.78, 5) is 18.3. The van der Waals surface area contributed by atoms with Gasteiger partial charge >= 0.3 is 6.18 Å². The quantitative estimate of drug-likeness (QED) is 0.480. The molecule has 0 radical (unpaired) electrons. The fourth-order valence-corrected chi connectivity index (χ4v) is 4.40. The third-order valence-corrected chi connectivity index (χ3v) is 5.66. The fourth-order valence-electron chi connectivity index (χ4n) is 3.33. The van der Waals surface area contributed by atoms with E-state index in [0.717, 1.165) is 23.5 Å². The number of nitrogens with one attached hydrogen (secondary N) is 1. The van der Waals surface area contributed by atoms with E-state index in [2.05, 4.69) is 9.97 Å². The number of hydrogen-bond acceptors (Lipinski definition) is 6. The molecule has 1 aromatic carbocycles. The molecule has 148 valence electrons. The fraction of sp³-hybridized carbons (Fsp3) is 0.158. The van der Waals surface area contributed by atoms with Crippen LogP contribution in [0.15, 0.2) is 35.1 Å². The van der Waals surface area contributed by atoms with Crippen molar-refractivity contribution in [2.45, 2.75) is 6.18 Å². The molecule has 0 atom stereocenters. The van der Waals surface area contributed by atoms with Crippen molar-refractivity contribution in [1.82, 2.24) is 9.97 Å². The first kappa shape index (κ1) is 17.8. The van der Waals surface area contributed by atoms with Gasteiger partial charge in [0.1, 0.15) is 29.5 Å². The Morgan fingerprint density at radius 2 is 1.86 bits per heavy atom. The van der Waals surface area contributed by atoms with Crippen LogP contribution in [0.3, 0.4) is 0 Å². The highest BCUT2D eigenvalue weighted by atomic mass is 32.1. The second-order valence-corrected chi connectivity index (χ2v) is 7.42. The van der Waals surface area contributed by atoms with Gasteiger partial charge in [0.2, 0.25) is 0 Å². The number of alkyl halides is 3. The molecule has 29 heavy (non-hydrogen) atoms. The maximum absolute atomic E-state index is 13.5. The van der Waals surface area contributed by atoms with Crippen LogP contribution in [0, 0.1) is 0 Å². The summed E-state index contributed by atoms with van der Waals surface area (Å²) in [7, 11) is 0. The zero-order valence-corrected chi connectivity index (χ0v) is 15.3. The van der Waals surface area contributed by atoms with Crippen LogP contribution in [-0.2, 0) is 6.18 Å². The largest absolute Gasteiger partial charge is 0.506 e. The number of thiophene rings is 1. The van der Waals surface area contributed by atoms with Gasteiger partial charge in [-0.05, 0) is 29.3 Å². The van der Waals surface area contributed by atoms with Crippen LogP contribution in [0.1, 0.15) is 5.69 Å². The van der Waals surface area contributed by atoms with Gasteiger partial charge in [0.25, 0.3) is 5.56 Å². The lowest BCUT2D eigenvalue weighted by Crippen LogP contribution is -2.15. The van der Waals surface area contributed by atoms with Gasteiger partial charge in [-0.3, -0.25) is 4.79 Å². The number of aromatic hydroxyl groups is 1. The second-order valence-electron chi connectivity index (χ2n) is 6.42. The monoisotopic (exact) mass is 420 g/mol. The molecule has 0 fully saturated rings. The summed E-state index contributed by atoms with van der Waals surface area (Å²) < 4.78 is 51.7. The SMILES string of the molecule is O=c1cc(O)c2sc3nc(C(F)(F)F)cc(-c4ccc5c(c4)OCCO5)c3c2[nH]1. The summed E-state index contributed by atoms with van der Waals surface area (Å²) in [5.74, 6) is 0.610. The Morgan fingerprint density at radius 1 is 1.10 bits per heavy atom. The molecule has 1 aliphatic rings. The van der Waals surface area contributed by atoms with E-state index >= 15 is 0 Å². The molecular formula is C19H11F3N2O4S. The van der Waals surface area contributed by atoms with E-state index in [0.29, 0.717) is 35.7 Å². The molecule has 0 amide bonds. The van der Waals surface area contributed by atoms with Crippen molar-refractivity contribution in [3.8, 4) is 28.4 Å². The minimum absolute atomic E-state index is 0.0527. The first-order valence-electron chi connectivity index (χ1n) is 8.48. The van der Waals surface area contributed by atoms with E-state index < -0.39 is 17.4 Å². The zero-order chi connectivity index (χ0) is 20.3. The van der Waals surface area contributed by atoms with Gasteiger partial charge < -0.3 is 19.6 Å². The molecule has 1 aliphatic heterocycles. The number of hydrogen-bond donors (Lipinski definition) is 2. The predicted octanol–water partition coefficient (Wildman–Crippen LogP) is 4.30. The highest BCUT2D eigenvalue weighted by Crippen LogP contribution is 2.44. The molecule has 0 spiro atoms. The third kappa shape index (κ3) is 2.87. The number of rotatable bonds is 1. The number of fused-ring (bicyclic) bond motifs is 4. The Kier molecular flexibility index (Phi) is 3.75. The maximum atomic E-state index is 13.5. The number of aromatic nitrogens is 2. The van der Waals surface area contributed by atoms with Crippen molar-refractivity contribution in [3.63, 3.8) is 0 Å². The van der Waals surface area contributed by atoms with Gasteiger partial charge in [-0.15, -0.1) is 11.3 Å². The van der Waals surface area contributed by atoms with Gasteiger partial charge in [0.05, 0.1) is 10.2 Å². The van der Waals surface area contributed by atoms with Crippen LogP contribution in [0.25, 0.3) is 31.6 Å². The Labute approximate surface area is 164 Å². The second kappa shape index (κ2) is 6.11. The molecule has 0 bridgehead atoms. The molecule has 3 aromatic heterocycles. The van der Waals surface area contributed by atoms with Gasteiger partial charge in [-0.1, -0.05) is 6.07 Å². The first-order chi connectivity index (χ1) is 13.8. The lowest BCUT2D eigenvalue weighted by molar-refractivity contribution is -0.140. The Morgan fingerprint density at radius 3 is 2.62 bits per heavy atom. The predicted molar refractivity (Wildman–Crippen MR) is 101 cm³/mol. The third-order valence-electron chi connectivity index (χ3n) is 4.55. The highest BCUT2D eigenvalue weighted by Gasteiger charge is 2.34. The molecule has 0 unspecified atom stereocenters. The minimum Gasteiger partial charge on any atom is -0.506 e. The molecule has 4 heterocycles. The summed E-state index contributed by atoms with van der Waals surface area (Å²) in [5.41, 5.74) is -0.741. The standard InChI is InChI=1S/C19H11F3N2O4S/c20-19(21,22)13-6-9(8-1-2-11-12(5-8)28-4-3-27-11)15-16-17(29-18(15)23-13)10(25)7-14(26)24-16/h1-2,5-7H,3-4H2,(H2,24,25,26). The van der Waals surface area contributed by atoms with Crippen molar-refractivity contribution in [2.24, 2.45) is 0 Å². The summed E-state index contributed by atoms with van der Waals surface area (Å²) in [6, 6.07) is 6.74. The summed E-state index contributed by atoms with van der Waals surface area (Å²) in [5, 5.41) is 10.4. The Hall–Kier alpha value is -3.27. The van der Waals surface area contributed by atoms with Gasteiger partial charge in [-0.2, -0.15) is 13.2 Å². The molecule has 2 N–H and O–H groups in total. The average Bonchev–Trinajstić information content (AvgIpc) is 3.05. The number of ether oxygens (including phenoxy) is 2. The molecular weight excluding hydrogens is 409 g/mol. The number of aromatic amines is 1. The van der Waals surface area contributed by atoms with Gasteiger partial charge in [0, 0.05) is 11.5 Å². The summed E-state index contributed by atoms with van der Waals surface area (Å²) in [6.07, 6.45) is -4.66. The van der Waals surface area contributed by atoms with E-state index in [4.69, 9.17) is 9.47 Å². The van der Waals surface area contributed by atoms with E-state index in [-0.39, 0.29) is 26.4 Å². The topological polar surface area (TPSA) is 84.4 Å². The van der Waals surface area contributed by atoms with Crippen molar-refractivity contribution >= 4 is 31.8 Å². The zero-order valence-electron chi connectivity index (χ0n) is 14.5. The van der Waals surface area contributed by atoms with Crippen LogP contribution in [-0.4, -0.2) is 28.3 Å². The maximum Gasteiger partial charge on any atom is 0.433 e. The van der Waals surface area contributed by atoms with Crippen LogP contribution in [0.5, 0.6) is 17.2 Å².